The van der Waals surface area contributed by atoms with E-state index in [1.54, 1.807) is 24.9 Å². The van der Waals surface area contributed by atoms with Gasteiger partial charge in [0.15, 0.2) is 0 Å². The van der Waals surface area contributed by atoms with Crippen LogP contribution in [0.5, 0.6) is 0 Å². The number of amides is 1. The monoisotopic (exact) mass is 556 g/mol. The van der Waals surface area contributed by atoms with Gasteiger partial charge in [-0.15, -0.1) is 10.2 Å². The summed E-state index contributed by atoms with van der Waals surface area (Å²) in [5, 5.41) is 9.10. The predicted molar refractivity (Wildman–Crippen MR) is 144 cm³/mol. The smallest absolute Gasteiger partial charge is 0.253 e. The molecule has 2 aliphatic carbocycles. The van der Waals surface area contributed by atoms with Crippen molar-refractivity contribution in [2.45, 2.75) is 62.5 Å². The molecule has 3 atom stereocenters. The Morgan fingerprint density at radius 2 is 1.89 bits per heavy atom. The minimum atomic E-state index is -0.724. The van der Waals surface area contributed by atoms with Crippen molar-refractivity contribution in [1.82, 2.24) is 15.1 Å². The topological polar surface area (TPSA) is 71.7 Å². The normalized spacial score (nSPS) is 22.5. The van der Waals surface area contributed by atoms with Crippen molar-refractivity contribution >= 4 is 35.1 Å². The van der Waals surface area contributed by atoms with Gasteiger partial charge in [0.1, 0.15) is 11.9 Å². The predicted octanol–water partition coefficient (Wildman–Crippen LogP) is 5.78. The van der Waals surface area contributed by atoms with E-state index < -0.39 is 6.10 Å². The number of carbonyl (C=O) groups is 1. The Labute approximate surface area is 230 Å². The van der Waals surface area contributed by atoms with Gasteiger partial charge in [-0.1, -0.05) is 35.9 Å². The molecule has 0 spiro atoms. The van der Waals surface area contributed by atoms with Crippen molar-refractivity contribution in [2.24, 2.45) is 5.92 Å². The number of carbonyl (C=O) groups excluding carboxylic acids is 1. The minimum Gasteiger partial charge on any atom is -0.425 e. The second-order valence-corrected chi connectivity index (χ2v) is 12.0. The van der Waals surface area contributed by atoms with Gasteiger partial charge in [0.25, 0.3) is 5.91 Å². The number of hydrogen-bond donors (Lipinski definition) is 0. The molecule has 1 saturated heterocycles. The summed E-state index contributed by atoms with van der Waals surface area (Å²) in [7, 11) is 0. The van der Waals surface area contributed by atoms with Gasteiger partial charge in [-0.25, -0.2) is 4.39 Å². The molecule has 10 heteroatoms. The second kappa shape index (κ2) is 10.9. The van der Waals surface area contributed by atoms with E-state index >= 15 is 0 Å². The van der Waals surface area contributed by atoms with E-state index in [-0.39, 0.29) is 30.2 Å². The van der Waals surface area contributed by atoms with Crippen LogP contribution in [0.1, 0.15) is 49.1 Å². The van der Waals surface area contributed by atoms with Crippen LogP contribution in [-0.2, 0) is 16.0 Å². The van der Waals surface area contributed by atoms with E-state index in [1.165, 1.54) is 6.07 Å². The van der Waals surface area contributed by atoms with Crippen molar-refractivity contribution < 1.29 is 18.3 Å². The first-order chi connectivity index (χ1) is 18.5. The number of hydrogen-bond acceptors (Lipinski definition) is 7. The zero-order valence-electron chi connectivity index (χ0n) is 21.1. The number of rotatable bonds is 10. The molecule has 2 saturated carbocycles. The number of benzene rings is 2. The molecule has 0 radical (unpaired) electrons. The van der Waals surface area contributed by atoms with Gasteiger partial charge in [0.05, 0.1) is 37.3 Å². The molecule has 7 nitrogen and oxygen atoms in total. The van der Waals surface area contributed by atoms with E-state index in [9.17, 15) is 9.18 Å². The molecule has 6 rings (SSSR count). The molecule has 2 aromatic carbocycles. The van der Waals surface area contributed by atoms with Crippen LogP contribution in [0.15, 0.2) is 52.9 Å². The molecule has 38 heavy (non-hydrogen) atoms. The van der Waals surface area contributed by atoms with E-state index in [0.29, 0.717) is 46.8 Å². The highest BCUT2D eigenvalue weighted by Gasteiger charge is 2.47. The molecule has 3 aromatic rings. The Kier molecular flexibility index (Phi) is 7.33. The standard InChI is InChI=1S/C28H30ClFN4O3S/c1-17-31-32-27(37-17)14-26-28(35)34(25(16-36-26)19-8-10-20(29)11-9-19)24(18-6-7-18)15-33(38-21-12-13-21)23-5-3-2-4-22(23)30/h2-5,8-11,18,21,24-26H,6-7,12-16H2,1H3. The molecular weight excluding hydrogens is 527 g/mol. The maximum absolute atomic E-state index is 15.0. The van der Waals surface area contributed by atoms with E-state index in [4.69, 9.17) is 20.8 Å². The number of morpholine rings is 1. The average Bonchev–Trinajstić information content (AvgIpc) is 3.84. The fraction of sp³-hybridized carbons (Fsp3) is 0.464. The van der Waals surface area contributed by atoms with Crippen molar-refractivity contribution in [2.75, 3.05) is 17.5 Å². The SMILES string of the molecule is Cc1nnc(CC2OCC(c3ccc(Cl)cc3)N(C(CN(SC3CC3)c3ccccc3F)C3CC3)C2=O)o1. The van der Waals surface area contributed by atoms with E-state index in [2.05, 4.69) is 14.5 Å². The zero-order valence-corrected chi connectivity index (χ0v) is 22.7. The first-order valence-corrected chi connectivity index (χ1v) is 14.3. The molecule has 200 valence electrons. The third-order valence-electron chi connectivity index (χ3n) is 7.30. The van der Waals surface area contributed by atoms with Crippen LogP contribution in [0.2, 0.25) is 5.02 Å². The summed E-state index contributed by atoms with van der Waals surface area (Å²) in [4.78, 5) is 16.2. The van der Waals surface area contributed by atoms with E-state index in [0.717, 1.165) is 31.2 Å². The lowest BCUT2D eigenvalue weighted by Gasteiger charge is -2.45. The number of para-hydroxylation sites is 1. The third kappa shape index (κ3) is 5.70. The number of anilines is 1. The Bertz CT molecular complexity index is 1280. The molecule has 3 aliphatic rings. The molecule has 2 heterocycles. The minimum absolute atomic E-state index is 0.103. The van der Waals surface area contributed by atoms with Gasteiger partial charge in [-0.3, -0.25) is 4.79 Å². The van der Waals surface area contributed by atoms with Gasteiger partial charge < -0.3 is 18.4 Å². The van der Waals surface area contributed by atoms with Crippen LogP contribution in [0, 0.1) is 18.7 Å². The Morgan fingerprint density at radius 3 is 2.55 bits per heavy atom. The number of aryl methyl sites for hydroxylation is 1. The van der Waals surface area contributed by atoms with Gasteiger partial charge in [0, 0.05) is 17.2 Å². The maximum Gasteiger partial charge on any atom is 0.253 e. The highest BCUT2D eigenvalue weighted by atomic mass is 35.5. The van der Waals surface area contributed by atoms with Crippen molar-refractivity contribution in [3.8, 4) is 0 Å². The van der Waals surface area contributed by atoms with Gasteiger partial charge in [0.2, 0.25) is 11.8 Å². The summed E-state index contributed by atoms with van der Waals surface area (Å²) in [5.41, 5.74) is 1.53. The lowest BCUT2D eigenvalue weighted by Crippen LogP contribution is -2.57. The highest BCUT2D eigenvalue weighted by molar-refractivity contribution is 8.01. The molecule has 3 unspecified atom stereocenters. The highest BCUT2D eigenvalue weighted by Crippen LogP contribution is 2.45. The summed E-state index contributed by atoms with van der Waals surface area (Å²) in [6.45, 7) is 2.60. The molecule has 1 aromatic heterocycles. The summed E-state index contributed by atoms with van der Waals surface area (Å²) in [6, 6.07) is 14.1. The number of halogens is 2. The van der Waals surface area contributed by atoms with E-state index in [1.807, 2.05) is 41.3 Å². The molecule has 1 aliphatic heterocycles. The fourth-order valence-corrected chi connectivity index (χ4v) is 6.39. The summed E-state index contributed by atoms with van der Waals surface area (Å²) in [5.74, 6) is 0.821. The van der Waals surface area contributed by atoms with Crippen LogP contribution in [0.3, 0.4) is 0 Å². The molecule has 3 fully saturated rings. The molecule has 1 amide bonds. The average molecular weight is 557 g/mol. The largest absolute Gasteiger partial charge is 0.425 e. The molecular formula is C28H30ClFN4O3S. The second-order valence-electron chi connectivity index (χ2n) is 10.3. The summed E-state index contributed by atoms with van der Waals surface area (Å²) >= 11 is 7.88. The number of ether oxygens (including phenoxy) is 1. The van der Waals surface area contributed by atoms with Crippen LogP contribution in [0.25, 0.3) is 0 Å². The quantitative estimate of drug-likeness (QED) is 0.293. The maximum atomic E-state index is 15.0. The van der Waals surface area contributed by atoms with Crippen molar-refractivity contribution in [1.29, 1.82) is 0 Å². The van der Waals surface area contributed by atoms with Gasteiger partial charge in [-0.2, -0.15) is 0 Å². The summed E-state index contributed by atoms with van der Waals surface area (Å²) < 4.78 is 28.8. The van der Waals surface area contributed by atoms with Crippen LogP contribution in [-0.4, -0.2) is 51.6 Å². The zero-order chi connectivity index (χ0) is 26.2. The first kappa shape index (κ1) is 25.6. The van der Waals surface area contributed by atoms with Crippen LogP contribution < -0.4 is 4.31 Å². The molecule has 0 N–H and O–H groups in total. The Balaban J connectivity index is 1.33. The van der Waals surface area contributed by atoms with Gasteiger partial charge >= 0.3 is 0 Å². The lowest BCUT2D eigenvalue weighted by molar-refractivity contribution is -0.164. The number of nitrogens with zero attached hydrogens (tertiary/aromatic N) is 4. The first-order valence-electron chi connectivity index (χ1n) is 13.1. The van der Waals surface area contributed by atoms with Crippen molar-refractivity contribution in [3.05, 3.63) is 76.7 Å². The summed E-state index contributed by atoms with van der Waals surface area (Å²) in [6.07, 6.45) is 3.82. The fourth-order valence-electron chi connectivity index (χ4n) is 5.06. The lowest BCUT2D eigenvalue weighted by atomic mass is 9.97. The van der Waals surface area contributed by atoms with Crippen molar-refractivity contribution in [3.63, 3.8) is 0 Å². The Hall–Kier alpha value is -2.62. The van der Waals surface area contributed by atoms with Crippen LogP contribution in [0.4, 0.5) is 10.1 Å². The third-order valence-corrected chi connectivity index (χ3v) is 8.92. The van der Waals surface area contributed by atoms with Crippen LogP contribution >= 0.6 is 23.5 Å². The Morgan fingerprint density at radius 1 is 1.13 bits per heavy atom. The molecule has 0 bridgehead atoms. The van der Waals surface area contributed by atoms with Gasteiger partial charge in [-0.05, 0) is 73.4 Å². The number of aromatic nitrogens is 2.